The molecule has 1 aliphatic heterocycles. The number of nitrogens with zero attached hydrogens (tertiary/aromatic N) is 1. The van der Waals surface area contributed by atoms with Crippen LogP contribution in [0.5, 0.6) is 5.75 Å². The number of phenols is 1. The highest BCUT2D eigenvalue weighted by Gasteiger charge is 2.43. The van der Waals surface area contributed by atoms with Gasteiger partial charge in [0.1, 0.15) is 0 Å². The SMILES string of the molecule is O=C1CCCC2=C1C(c1cc(Cl)c(O)c(Cl)c1)C1=C(CCCC1=O)N2CCc1ccccc1. The summed E-state index contributed by atoms with van der Waals surface area (Å²) in [6.07, 6.45) is 4.99. The summed E-state index contributed by atoms with van der Waals surface area (Å²) in [4.78, 5) is 28.9. The van der Waals surface area contributed by atoms with E-state index in [0.29, 0.717) is 29.6 Å². The third kappa shape index (κ3) is 4.00. The predicted octanol–water partition coefficient (Wildman–Crippen LogP) is 6.36. The smallest absolute Gasteiger partial charge is 0.161 e. The number of ketones is 2. The van der Waals surface area contributed by atoms with E-state index in [1.807, 2.05) is 18.2 Å². The molecule has 0 amide bonds. The van der Waals surface area contributed by atoms with Gasteiger partial charge < -0.3 is 10.0 Å². The van der Waals surface area contributed by atoms with E-state index in [0.717, 1.165) is 50.0 Å². The average molecular weight is 482 g/mol. The number of hydrogen-bond donors (Lipinski definition) is 1. The predicted molar refractivity (Wildman–Crippen MR) is 129 cm³/mol. The Kier molecular flexibility index (Phi) is 6.07. The third-order valence-corrected chi connectivity index (χ3v) is 7.50. The summed E-state index contributed by atoms with van der Waals surface area (Å²) in [5.74, 6) is -0.512. The molecule has 5 rings (SSSR count). The highest BCUT2D eigenvalue weighted by atomic mass is 35.5. The third-order valence-electron chi connectivity index (χ3n) is 6.93. The van der Waals surface area contributed by atoms with E-state index < -0.39 is 5.92 Å². The lowest BCUT2D eigenvalue weighted by molar-refractivity contribution is -0.117. The quantitative estimate of drug-likeness (QED) is 0.552. The summed E-state index contributed by atoms with van der Waals surface area (Å²) >= 11 is 12.5. The van der Waals surface area contributed by atoms with Gasteiger partial charge in [-0.1, -0.05) is 53.5 Å². The van der Waals surface area contributed by atoms with Gasteiger partial charge in [-0.25, -0.2) is 0 Å². The molecule has 2 aromatic carbocycles. The lowest BCUT2D eigenvalue weighted by Gasteiger charge is -2.44. The minimum absolute atomic E-state index is 0.0798. The molecule has 1 N–H and O–H groups in total. The highest BCUT2D eigenvalue weighted by molar-refractivity contribution is 6.37. The van der Waals surface area contributed by atoms with E-state index in [1.165, 1.54) is 5.56 Å². The zero-order valence-corrected chi connectivity index (χ0v) is 19.8. The normalized spacial score (nSPS) is 19.2. The Morgan fingerprint density at radius 3 is 1.94 bits per heavy atom. The monoisotopic (exact) mass is 481 g/mol. The van der Waals surface area contributed by atoms with Gasteiger partial charge in [0.2, 0.25) is 0 Å². The summed E-state index contributed by atoms with van der Waals surface area (Å²) in [5, 5.41) is 10.3. The van der Waals surface area contributed by atoms with Crippen LogP contribution in [-0.2, 0) is 16.0 Å². The Hall–Kier alpha value is -2.56. The fourth-order valence-corrected chi connectivity index (χ4v) is 5.96. The number of carbonyl (C=O) groups excluding carboxylic acids is 2. The van der Waals surface area contributed by atoms with Crippen LogP contribution in [0.1, 0.15) is 55.6 Å². The van der Waals surface area contributed by atoms with E-state index >= 15 is 0 Å². The Balaban J connectivity index is 1.66. The lowest BCUT2D eigenvalue weighted by atomic mass is 9.71. The molecule has 0 saturated carbocycles. The molecule has 0 radical (unpaired) electrons. The van der Waals surface area contributed by atoms with Gasteiger partial charge in [0.15, 0.2) is 17.3 Å². The van der Waals surface area contributed by atoms with Gasteiger partial charge in [0.05, 0.1) is 10.0 Å². The van der Waals surface area contributed by atoms with Crippen molar-refractivity contribution in [2.24, 2.45) is 0 Å². The average Bonchev–Trinajstić information content (AvgIpc) is 2.81. The molecule has 0 bridgehead atoms. The van der Waals surface area contributed by atoms with Crippen LogP contribution in [0, 0.1) is 0 Å². The molecule has 0 fully saturated rings. The number of benzene rings is 2. The standard InChI is InChI=1S/C27H25Cl2NO3/c28-18-14-17(15-19(29)27(18)33)24-25-20(8-4-10-22(25)31)30(13-12-16-6-2-1-3-7-16)21-9-5-11-23(32)26(21)24/h1-3,6-7,14-15,24,33H,4-5,8-13H2. The molecule has 4 nitrogen and oxygen atoms in total. The van der Waals surface area contributed by atoms with Crippen LogP contribution in [0.15, 0.2) is 65.0 Å². The van der Waals surface area contributed by atoms with Gasteiger partial charge in [0, 0.05) is 47.8 Å². The van der Waals surface area contributed by atoms with Crippen molar-refractivity contribution in [1.29, 1.82) is 0 Å². The number of rotatable bonds is 4. The van der Waals surface area contributed by atoms with Gasteiger partial charge in [-0.05, 0) is 55.4 Å². The minimum atomic E-state index is -0.487. The number of Topliss-reactive ketones (excluding diaryl/α,β-unsaturated/α-hetero) is 2. The van der Waals surface area contributed by atoms with Crippen LogP contribution in [0.3, 0.4) is 0 Å². The summed E-state index contributed by atoms with van der Waals surface area (Å²) in [6.45, 7) is 0.728. The molecule has 0 aromatic heterocycles. The number of phenolic OH excluding ortho intramolecular Hbond substituents is 1. The Morgan fingerprint density at radius 2 is 1.39 bits per heavy atom. The van der Waals surface area contributed by atoms with Gasteiger partial charge >= 0.3 is 0 Å². The van der Waals surface area contributed by atoms with Crippen molar-refractivity contribution in [2.75, 3.05) is 6.54 Å². The number of aromatic hydroxyl groups is 1. The van der Waals surface area contributed by atoms with Crippen molar-refractivity contribution < 1.29 is 14.7 Å². The molecule has 3 aliphatic rings. The molecule has 0 unspecified atom stereocenters. The van der Waals surface area contributed by atoms with Crippen molar-refractivity contribution in [1.82, 2.24) is 4.90 Å². The summed E-state index contributed by atoms with van der Waals surface area (Å²) < 4.78 is 0. The Bertz CT molecular complexity index is 1130. The first-order valence-corrected chi connectivity index (χ1v) is 12.2. The molecule has 0 spiro atoms. The van der Waals surface area contributed by atoms with Crippen LogP contribution in [0.4, 0.5) is 0 Å². The first-order valence-electron chi connectivity index (χ1n) is 11.5. The fraction of sp³-hybridized carbons (Fsp3) is 0.333. The number of halogens is 2. The summed E-state index contributed by atoms with van der Waals surface area (Å²) in [5.41, 5.74) is 5.37. The fourth-order valence-electron chi connectivity index (χ4n) is 5.46. The van der Waals surface area contributed by atoms with Crippen molar-refractivity contribution >= 4 is 34.8 Å². The molecule has 1 heterocycles. The Labute approximate surface area is 203 Å². The van der Waals surface area contributed by atoms with Crippen LogP contribution in [0.25, 0.3) is 0 Å². The molecule has 6 heteroatoms. The van der Waals surface area contributed by atoms with Gasteiger partial charge in [0.25, 0.3) is 0 Å². The largest absolute Gasteiger partial charge is 0.505 e. The van der Waals surface area contributed by atoms with Crippen LogP contribution >= 0.6 is 23.2 Å². The van der Waals surface area contributed by atoms with E-state index in [4.69, 9.17) is 23.2 Å². The first-order chi connectivity index (χ1) is 16.0. The topological polar surface area (TPSA) is 57.6 Å². The minimum Gasteiger partial charge on any atom is -0.505 e. The van der Waals surface area contributed by atoms with Crippen molar-refractivity contribution in [3.05, 3.63) is 86.2 Å². The second-order valence-electron chi connectivity index (χ2n) is 8.93. The molecular weight excluding hydrogens is 457 g/mol. The van der Waals surface area contributed by atoms with Crippen LogP contribution in [-0.4, -0.2) is 28.1 Å². The highest BCUT2D eigenvalue weighted by Crippen LogP contribution is 2.50. The van der Waals surface area contributed by atoms with Crippen molar-refractivity contribution in [3.63, 3.8) is 0 Å². The molecule has 33 heavy (non-hydrogen) atoms. The van der Waals surface area contributed by atoms with Crippen molar-refractivity contribution in [2.45, 2.75) is 50.9 Å². The van der Waals surface area contributed by atoms with Crippen molar-refractivity contribution in [3.8, 4) is 5.75 Å². The molecule has 0 atom stereocenters. The van der Waals surface area contributed by atoms with E-state index in [2.05, 4.69) is 17.0 Å². The molecule has 0 saturated heterocycles. The maximum atomic E-state index is 13.3. The maximum Gasteiger partial charge on any atom is 0.161 e. The number of carbonyl (C=O) groups is 2. The Morgan fingerprint density at radius 1 is 0.848 bits per heavy atom. The molecule has 2 aromatic rings. The van der Waals surface area contributed by atoms with Crippen LogP contribution < -0.4 is 0 Å². The molecule has 170 valence electrons. The van der Waals surface area contributed by atoms with Crippen LogP contribution in [0.2, 0.25) is 10.0 Å². The van der Waals surface area contributed by atoms with Gasteiger partial charge in [-0.2, -0.15) is 0 Å². The number of hydrogen-bond acceptors (Lipinski definition) is 4. The van der Waals surface area contributed by atoms with Gasteiger partial charge in [-0.15, -0.1) is 0 Å². The second kappa shape index (κ2) is 9.00. The molecule has 2 aliphatic carbocycles. The summed E-state index contributed by atoms with van der Waals surface area (Å²) in [6, 6.07) is 13.6. The summed E-state index contributed by atoms with van der Waals surface area (Å²) in [7, 11) is 0. The maximum absolute atomic E-state index is 13.3. The second-order valence-corrected chi connectivity index (χ2v) is 9.74. The van der Waals surface area contributed by atoms with E-state index in [1.54, 1.807) is 12.1 Å². The van der Waals surface area contributed by atoms with E-state index in [9.17, 15) is 14.7 Å². The zero-order chi connectivity index (χ0) is 23.1. The number of allylic oxidation sites excluding steroid dienone is 4. The van der Waals surface area contributed by atoms with E-state index in [-0.39, 0.29) is 27.4 Å². The first kappa shape index (κ1) is 22.2. The van der Waals surface area contributed by atoms with Gasteiger partial charge in [-0.3, -0.25) is 9.59 Å². The zero-order valence-electron chi connectivity index (χ0n) is 18.2. The molecular formula is C27H25Cl2NO3. The lowest BCUT2D eigenvalue weighted by Crippen LogP contribution is -2.39.